The zero-order chi connectivity index (χ0) is 19.4. The van der Waals surface area contributed by atoms with Crippen molar-refractivity contribution >= 4 is 21.4 Å². The number of nitrogens with zero attached hydrogens (tertiary/aromatic N) is 2. The molecule has 0 aliphatic carbocycles. The van der Waals surface area contributed by atoms with E-state index in [1.165, 1.54) is 6.07 Å². The molecule has 0 aromatic heterocycles. The standard InChI is InChI=1S/C19H25N3O4S/c1-21-9-11-22(12-10-21)18-13-16(7-8-19(18)26-2)27(24,25)20-17-6-4-3-5-15(17)14-23/h3-8,13,20,23H,9-12,14H2,1-2H3. The van der Waals surface area contributed by atoms with Crippen LogP contribution in [0.1, 0.15) is 5.56 Å². The van der Waals surface area contributed by atoms with Crippen LogP contribution in [0, 0.1) is 0 Å². The van der Waals surface area contributed by atoms with Crippen molar-refractivity contribution in [1.82, 2.24) is 4.90 Å². The molecule has 3 rings (SSSR count). The Bertz CT molecular complexity index is 894. The Hall–Kier alpha value is -2.29. The molecule has 0 amide bonds. The van der Waals surface area contributed by atoms with Gasteiger partial charge in [-0.1, -0.05) is 18.2 Å². The van der Waals surface area contributed by atoms with Crippen molar-refractivity contribution in [2.24, 2.45) is 0 Å². The number of sulfonamides is 1. The highest BCUT2D eigenvalue weighted by Gasteiger charge is 2.22. The first-order valence-electron chi connectivity index (χ1n) is 8.77. The molecule has 146 valence electrons. The molecule has 0 saturated carbocycles. The molecule has 27 heavy (non-hydrogen) atoms. The van der Waals surface area contributed by atoms with Gasteiger partial charge in [0.1, 0.15) is 5.75 Å². The van der Waals surface area contributed by atoms with Gasteiger partial charge in [0.05, 0.1) is 30.0 Å². The van der Waals surface area contributed by atoms with Gasteiger partial charge in [-0.3, -0.25) is 4.72 Å². The van der Waals surface area contributed by atoms with Crippen molar-refractivity contribution in [2.75, 3.05) is 50.0 Å². The van der Waals surface area contributed by atoms with Crippen LogP contribution in [0.4, 0.5) is 11.4 Å². The first-order chi connectivity index (χ1) is 12.9. The summed E-state index contributed by atoms with van der Waals surface area (Å²) < 4.78 is 33.8. The van der Waals surface area contributed by atoms with E-state index in [-0.39, 0.29) is 11.5 Å². The topological polar surface area (TPSA) is 82.1 Å². The van der Waals surface area contributed by atoms with E-state index < -0.39 is 10.0 Å². The minimum Gasteiger partial charge on any atom is -0.495 e. The van der Waals surface area contributed by atoms with Crippen molar-refractivity contribution in [3.63, 3.8) is 0 Å². The first-order valence-corrected chi connectivity index (χ1v) is 10.3. The SMILES string of the molecule is COc1ccc(S(=O)(=O)Nc2ccccc2CO)cc1N1CCN(C)CC1. The van der Waals surface area contributed by atoms with Gasteiger partial charge in [0.15, 0.2) is 0 Å². The number of piperazine rings is 1. The molecule has 2 aromatic rings. The average molecular weight is 391 g/mol. The van der Waals surface area contributed by atoms with Crippen molar-refractivity contribution in [2.45, 2.75) is 11.5 Å². The summed E-state index contributed by atoms with van der Waals surface area (Å²) in [6.45, 7) is 3.17. The number of rotatable bonds is 6. The predicted molar refractivity (Wildman–Crippen MR) is 106 cm³/mol. The largest absolute Gasteiger partial charge is 0.495 e. The van der Waals surface area contributed by atoms with Crippen molar-refractivity contribution in [3.8, 4) is 5.75 Å². The molecule has 0 atom stereocenters. The van der Waals surface area contributed by atoms with Gasteiger partial charge < -0.3 is 19.6 Å². The molecule has 1 fully saturated rings. The lowest BCUT2D eigenvalue weighted by Gasteiger charge is -2.34. The summed E-state index contributed by atoms with van der Waals surface area (Å²) in [4.78, 5) is 4.53. The third kappa shape index (κ3) is 4.35. The molecule has 1 aliphatic rings. The number of likely N-dealkylation sites (N-methyl/N-ethyl adjacent to an activating group) is 1. The van der Waals surface area contributed by atoms with Crippen LogP contribution in [0.2, 0.25) is 0 Å². The number of aliphatic hydroxyl groups excluding tert-OH is 1. The normalized spacial score (nSPS) is 15.6. The number of nitrogens with one attached hydrogen (secondary N) is 1. The number of aliphatic hydroxyl groups is 1. The quantitative estimate of drug-likeness (QED) is 0.781. The fraction of sp³-hybridized carbons (Fsp3) is 0.368. The van der Waals surface area contributed by atoms with E-state index in [9.17, 15) is 13.5 Å². The van der Waals surface area contributed by atoms with Gasteiger partial charge in [-0.2, -0.15) is 0 Å². The molecule has 8 heteroatoms. The highest BCUT2D eigenvalue weighted by molar-refractivity contribution is 7.92. The highest BCUT2D eigenvalue weighted by atomic mass is 32.2. The molecule has 0 spiro atoms. The highest BCUT2D eigenvalue weighted by Crippen LogP contribution is 2.32. The van der Waals surface area contributed by atoms with Crippen LogP contribution in [0.15, 0.2) is 47.4 Å². The summed E-state index contributed by atoms with van der Waals surface area (Å²) in [6, 6.07) is 11.6. The van der Waals surface area contributed by atoms with Crippen molar-refractivity contribution in [3.05, 3.63) is 48.0 Å². The molecular formula is C19H25N3O4S. The maximum absolute atomic E-state index is 12.9. The number of anilines is 2. The van der Waals surface area contributed by atoms with E-state index >= 15 is 0 Å². The molecule has 2 N–H and O–H groups in total. The van der Waals surface area contributed by atoms with Gasteiger partial charge in [-0.25, -0.2) is 8.42 Å². The summed E-state index contributed by atoms with van der Waals surface area (Å²) in [5.74, 6) is 0.647. The number of benzene rings is 2. The number of para-hydroxylation sites is 1. The Morgan fingerprint density at radius 2 is 1.81 bits per heavy atom. The van der Waals surface area contributed by atoms with Gasteiger partial charge in [-0.05, 0) is 31.3 Å². The lowest BCUT2D eigenvalue weighted by molar-refractivity contribution is 0.282. The van der Waals surface area contributed by atoms with E-state index in [1.807, 2.05) is 0 Å². The first kappa shape index (κ1) is 19.5. The fourth-order valence-electron chi connectivity index (χ4n) is 3.09. The van der Waals surface area contributed by atoms with E-state index in [2.05, 4.69) is 21.6 Å². The van der Waals surface area contributed by atoms with Crippen LogP contribution in [0.3, 0.4) is 0 Å². The Morgan fingerprint density at radius 1 is 1.11 bits per heavy atom. The molecular weight excluding hydrogens is 366 g/mol. The summed E-state index contributed by atoms with van der Waals surface area (Å²) in [7, 11) is -0.147. The average Bonchev–Trinajstić information content (AvgIpc) is 2.68. The molecule has 2 aromatic carbocycles. The molecule has 7 nitrogen and oxygen atoms in total. The zero-order valence-electron chi connectivity index (χ0n) is 15.6. The van der Waals surface area contributed by atoms with Crippen LogP contribution in [-0.2, 0) is 16.6 Å². The lowest BCUT2D eigenvalue weighted by Crippen LogP contribution is -2.44. The van der Waals surface area contributed by atoms with Gasteiger partial charge in [-0.15, -0.1) is 0 Å². The number of hydrogen-bond acceptors (Lipinski definition) is 6. The third-order valence-electron chi connectivity index (χ3n) is 4.74. The maximum atomic E-state index is 12.9. The molecule has 1 heterocycles. The second-order valence-corrected chi connectivity index (χ2v) is 8.23. The number of hydrogen-bond donors (Lipinski definition) is 2. The summed E-state index contributed by atoms with van der Waals surface area (Å²) in [5.41, 5.74) is 1.66. The van der Waals surface area contributed by atoms with Crippen LogP contribution in [0.25, 0.3) is 0 Å². The van der Waals surface area contributed by atoms with Gasteiger partial charge in [0, 0.05) is 31.7 Å². The van der Waals surface area contributed by atoms with E-state index in [1.54, 1.807) is 43.5 Å². The third-order valence-corrected chi connectivity index (χ3v) is 6.10. The fourth-order valence-corrected chi connectivity index (χ4v) is 4.21. The second-order valence-electron chi connectivity index (χ2n) is 6.54. The van der Waals surface area contributed by atoms with E-state index in [0.29, 0.717) is 17.0 Å². The summed E-state index contributed by atoms with van der Waals surface area (Å²) >= 11 is 0. The van der Waals surface area contributed by atoms with Crippen molar-refractivity contribution in [1.29, 1.82) is 0 Å². The second kappa shape index (κ2) is 8.16. The summed E-state index contributed by atoms with van der Waals surface area (Å²) in [6.07, 6.45) is 0. The lowest BCUT2D eigenvalue weighted by atomic mass is 10.2. The van der Waals surface area contributed by atoms with E-state index in [0.717, 1.165) is 31.9 Å². The molecule has 0 radical (unpaired) electrons. The maximum Gasteiger partial charge on any atom is 0.261 e. The van der Waals surface area contributed by atoms with Gasteiger partial charge in [0.25, 0.3) is 10.0 Å². The monoisotopic (exact) mass is 391 g/mol. The van der Waals surface area contributed by atoms with Gasteiger partial charge >= 0.3 is 0 Å². The Balaban J connectivity index is 1.92. The minimum atomic E-state index is -3.80. The molecule has 0 bridgehead atoms. The van der Waals surface area contributed by atoms with E-state index in [4.69, 9.17) is 4.74 Å². The van der Waals surface area contributed by atoms with Crippen LogP contribution < -0.4 is 14.4 Å². The predicted octanol–water partition coefficient (Wildman–Crippen LogP) is 1.74. The molecule has 0 unspecified atom stereocenters. The minimum absolute atomic E-state index is 0.157. The van der Waals surface area contributed by atoms with Gasteiger partial charge in [0.2, 0.25) is 0 Å². The van der Waals surface area contributed by atoms with Crippen LogP contribution in [0.5, 0.6) is 5.75 Å². The zero-order valence-corrected chi connectivity index (χ0v) is 16.4. The Labute approximate surface area is 160 Å². The smallest absolute Gasteiger partial charge is 0.261 e. The van der Waals surface area contributed by atoms with Crippen LogP contribution >= 0.6 is 0 Å². The molecule has 1 aliphatic heterocycles. The van der Waals surface area contributed by atoms with Crippen molar-refractivity contribution < 1.29 is 18.3 Å². The summed E-state index contributed by atoms with van der Waals surface area (Å²) in [5, 5.41) is 9.43. The number of methoxy groups -OCH3 is 1. The van der Waals surface area contributed by atoms with Crippen LogP contribution in [-0.4, -0.2) is 58.8 Å². The Kier molecular flexibility index (Phi) is 5.88. The number of ether oxygens (including phenoxy) is 1. The molecule has 1 saturated heterocycles. The Morgan fingerprint density at radius 3 is 2.48 bits per heavy atom.